The smallest absolute Gasteiger partial charge is 0.234 e. The van der Waals surface area contributed by atoms with Crippen LogP contribution in [0.15, 0.2) is 24.3 Å². The monoisotopic (exact) mass is 234 g/mol. The van der Waals surface area contributed by atoms with Crippen molar-refractivity contribution in [1.29, 1.82) is 0 Å². The van der Waals surface area contributed by atoms with Crippen LogP contribution in [0.2, 0.25) is 0 Å². The van der Waals surface area contributed by atoms with Crippen LogP contribution in [0.25, 0.3) is 0 Å². The Balaban J connectivity index is 2.19. The van der Waals surface area contributed by atoms with E-state index in [2.05, 4.69) is 42.0 Å². The van der Waals surface area contributed by atoms with E-state index in [0.29, 0.717) is 6.42 Å². The van der Waals surface area contributed by atoms with Crippen molar-refractivity contribution in [2.45, 2.75) is 39.0 Å². The second kappa shape index (κ2) is 7.85. The Hall–Kier alpha value is -1.35. The fraction of sp³-hybridized carbons (Fsp3) is 0.500. The Morgan fingerprint density at radius 1 is 1.12 bits per heavy atom. The van der Waals surface area contributed by atoms with Gasteiger partial charge in [0.05, 0.1) is 0 Å². The quantitative estimate of drug-likeness (QED) is 0.561. The zero-order valence-electron chi connectivity index (χ0n) is 10.8. The molecule has 0 unspecified atom stereocenters. The van der Waals surface area contributed by atoms with Gasteiger partial charge in [-0.15, -0.1) is 0 Å². The van der Waals surface area contributed by atoms with Gasteiger partial charge in [0.25, 0.3) is 0 Å². The van der Waals surface area contributed by atoms with Gasteiger partial charge in [-0.3, -0.25) is 10.2 Å². The van der Waals surface area contributed by atoms with Gasteiger partial charge in [-0.1, -0.05) is 31.2 Å². The summed E-state index contributed by atoms with van der Waals surface area (Å²) in [5.74, 6) is 0.0637. The van der Waals surface area contributed by atoms with E-state index in [4.69, 9.17) is 0 Å². The molecular weight excluding hydrogens is 212 g/mol. The van der Waals surface area contributed by atoms with Crippen LogP contribution in [0.5, 0.6) is 0 Å². The molecule has 0 saturated carbocycles. The summed E-state index contributed by atoms with van der Waals surface area (Å²) >= 11 is 0. The number of amides is 1. The van der Waals surface area contributed by atoms with Crippen LogP contribution in [0, 0.1) is 0 Å². The van der Waals surface area contributed by atoms with Crippen LogP contribution in [0.1, 0.15) is 37.3 Å². The predicted molar refractivity (Wildman–Crippen MR) is 70.6 cm³/mol. The number of aryl methyl sites for hydroxylation is 2. The molecule has 0 spiro atoms. The maximum atomic E-state index is 11.2. The van der Waals surface area contributed by atoms with Crippen LogP contribution in [-0.4, -0.2) is 13.0 Å². The molecule has 0 aliphatic rings. The molecular formula is C14H22N2O. The molecule has 0 aromatic heterocycles. The number of carbonyl (C=O) groups is 1. The molecule has 0 saturated heterocycles. The van der Waals surface area contributed by atoms with Gasteiger partial charge in [0.1, 0.15) is 0 Å². The van der Waals surface area contributed by atoms with Gasteiger partial charge in [-0.05, 0) is 36.8 Å². The number of benzene rings is 1. The summed E-state index contributed by atoms with van der Waals surface area (Å²) < 4.78 is 0. The Bertz CT molecular complexity index is 333. The van der Waals surface area contributed by atoms with Gasteiger partial charge in [-0.25, -0.2) is 5.43 Å². The third-order valence-corrected chi connectivity index (χ3v) is 2.81. The topological polar surface area (TPSA) is 41.1 Å². The maximum Gasteiger partial charge on any atom is 0.234 e. The van der Waals surface area contributed by atoms with Crippen molar-refractivity contribution >= 4 is 5.91 Å². The molecule has 1 rings (SSSR count). The molecule has 0 aliphatic heterocycles. The molecule has 0 atom stereocenters. The summed E-state index contributed by atoms with van der Waals surface area (Å²) in [6.45, 7) is 2.16. The van der Waals surface area contributed by atoms with Crippen LogP contribution >= 0.6 is 0 Å². The molecule has 2 N–H and O–H groups in total. The molecule has 0 radical (unpaired) electrons. The number of hydrogen-bond donors (Lipinski definition) is 2. The van der Waals surface area contributed by atoms with Crippen molar-refractivity contribution in [3.63, 3.8) is 0 Å². The highest BCUT2D eigenvalue weighted by atomic mass is 16.2. The highest BCUT2D eigenvalue weighted by molar-refractivity contribution is 5.75. The van der Waals surface area contributed by atoms with Crippen LogP contribution < -0.4 is 10.9 Å². The Morgan fingerprint density at radius 3 is 2.35 bits per heavy atom. The van der Waals surface area contributed by atoms with Gasteiger partial charge in [0.15, 0.2) is 0 Å². The van der Waals surface area contributed by atoms with Crippen LogP contribution in [0.4, 0.5) is 0 Å². The molecule has 0 heterocycles. The number of rotatable bonds is 7. The summed E-state index contributed by atoms with van der Waals surface area (Å²) in [6, 6.07) is 8.74. The van der Waals surface area contributed by atoms with Gasteiger partial charge in [0, 0.05) is 13.5 Å². The molecule has 3 nitrogen and oxygen atoms in total. The fourth-order valence-electron chi connectivity index (χ4n) is 1.76. The zero-order valence-corrected chi connectivity index (χ0v) is 10.8. The van der Waals surface area contributed by atoms with Crippen molar-refractivity contribution in [1.82, 2.24) is 10.9 Å². The summed E-state index contributed by atoms with van der Waals surface area (Å²) in [5.41, 5.74) is 7.94. The van der Waals surface area contributed by atoms with E-state index in [1.807, 2.05) is 0 Å². The first kappa shape index (κ1) is 13.7. The number of nitrogens with one attached hydrogen (secondary N) is 2. The van der Waals surface area contributed by atoms with Crippen molar-refractivity contribution in [3.8, 4) is 0 Å². The normalized spacial score (nSPS) is 10.2. The van der Waals surface area contributed by atoms with E-state index in [0.717, 1.165) is 25.7 Å². The zero-order chi connectivity index (χ0) is 12.5. The molecule has 1 aromatic rings. The third-order valence-electron chi connectivity index (χ3n) is 2.81. The molecule has 3 heteroatoms. The summed E-state index contributed by atoms with van der Waals surface area (Å²) in [7, 11) is 1.70. The summed E-state index contributed by atoms with van der Waals surface area (Å²) in [6.07, 6.45) is 4.72. The Kier molecular flexibility index (Phi) is 6.33. The van der Waals surface area contributed by atoms with Crippen LogP contribution in [-0.2, 0) is 17.6 Å². The lowest BCUT2D eigenvalue weighted by atomic mass is 10.0. The lowest BCUT2D eigenvalue weighted by molar-refractivity contribution is -0.122. The number of hydrogen-bond acceptors (Lipinski definition) is 2. The maximum absolute atomic E-state index is 11.2. The molecule has 17 heavy (non-hydrogen) atoms. The van der Waals surface area contributed by atoms with Gasteiger partial charge >= 0.3 is 0 Å². The summed E-state index contributed by atoms with van der Waals surface area (Å²) in [4.78, 5) is 11.2. The molecule has 0 bridgehead atoms. The van der Waals surface area contributed by atoms with Gasteiger partial charge < -0.3 is 0 Å². The first-order chi connectivity index (χ1) is 8.26. The van der Waals surface area contributed by atoms with Crippen molar-refractivity contribution in [2.75, 3.05) is 7.05 Å². The second-order valence-corrected chi connectivity index (χ2v) is 4.18. The second-order valence-electron chi connectivity index (χ2n) is 4.18. The lowest BCUT2D eigenvalue weighted by Crippen LogP contribution is -2.33. The lowest BCUT2D eigenvalue weighted by Gasteiger charge is -2.04. The summed E-state index contributed by atoms with van der Waals surface area (Å²) in [5, 5.41) is 0. The SMILES string of the molecule is CCc1ccc(CCCCC(=O)NNC)cc1. The van der Waals surface area contributed by atoms with Crippen molar-refractivity contribution in [2.24, 2.45) is 0 Å². The van der Waals surface area contributed by atoms with E-state index >= 15 is 0 Å². The van der Waals surface area contributed by atoms with Gasteiger partial charge in [-0.2, -0.15) is 0 Å². The molecule has 94 valence electrons. The first-order valence-electron chi connectivity index (χ1n) is 6.29. The fourth-order valence-corrected chi connectivity index (χ4v) is 1.76. The van der Waals surface area contributed by atoms with E-state index < -0.39 is 0 Å². The average molecular weight is 234 g/mol. The third kappa shape index (κ3) is 5.50. The standard InChI is InChI=1S/C14H22N2O/c1-3-12-8-10-13(11-9-12)6-4-5-7-14(17)16-15-2/h8-11,15H,3-7H2,1-2H3,(H,16,17). The number of hydrazine groups is 1. The van der Waals surface area contributed by atoms with E-state index in [-0.39, 0.29) is 5.91 Å². The van der Waals surface area contributed by atoms with E-state index in [9.17, 15) is 4.79 Å². The molecule has 0 aliphatic carbocycles. The minimum absolute atomic E-state index is 0.0637. The number of carbonyl (C=O) groups excluding carboxylic acids is 1. The molecule has 1 amide bonds. The predicted octanol–water partition coefficient (Wildman–Crippen LogP) is 2.21. The van der Waals surface area contributed by atoms with Crippen molar-refractivity contribution in [3.05, 3.63) is 35.4 Å². The highest BCUT2D eigenvalue weighted by Crippen LogP contribution is 2.09. The first-order valence-corrected chi connectivity index (χ1v) is 6.29. The Labute approximate surface area is 104 Å². The molecule has 0 fully saturated rings. The largest absolute Gasteiger partial charge is 0.292 e. The van der Waals surface area contributed by atoms with E-state index in [1.165, 1.54) is 11.1 Å². The minimum Gasteiger partial charge on any atom is -0.292 e. The van der Waals surface area contributed by atoms with E-state index in [1.54, 1.807) is 7.05 Å². The number of unbranched alkanes of at least 4 members (excludes halogenated alkanes) is 1. The average Bonchev–Trinajstić information content (AvgIpc) is 2.36. The highest BCUT2D eigenvalue weighted by Gasteiger charge is 1.99. The van der Waals surface area contributed by atoms with Crippen molar-refractivity contribution < 1.29 is 4.79 Å². The van der Waals surface area contributed by atoms with Crippen LogP contribution in [0.3, 0.4) is 0 Å². The minimum atomic E-state index is 0.0637. The Morgan fingerprint density at radius 2 is 1.76 bits per heavy atom. The molecule has 1 aromatic carbocycles. The van der Waals surface area contributed by atoms with Gasteiger partial charge in [0.2, 0.25) is 5.91 Å².